The second kappa shape index (κ2) is 5.31. The highest BCUT2D eigenvalue weighted by atomic mass is 32.1. The van der Waals surface area contributed by atoms with E-state index in [2.05, 4.69) is 53.4 Å². The number of nitrogens with one attached hydrogen (secondary N) is 1. The summed E-state index contributed by atoms with van der Waals surface area (Å²) in [5.41, 5.74) is 2.33. The number of nitrogens with zero attached hydrogens (tertiary/aromatic N) is 2. The summed E-state index contributed by atoms with van der Waals surface area (Å²) in [6.07, 6.45) is 2.66. The monoisotopic (exact) mass is 273 g/mol. The van der Waals surface area contributed by atoms with Gasteiger partial charge in [0.1, 0.15) is 0 Å². The van der Waals surface area contributed by atoms with Crippen molar-refractivity contribution < 1.29 is 0 Å². The summed E-state index contributed by atoms with van der Waals surface area (Å²) < 4.78 is 0. The van der Waals surface area contributed by atoms with Crippen molar-refractivity contribution in [1.82, 2.24) is 10.3 Å². The summed E-state index contributed by atoms with van der Waals surface area (Å²) in [5.74, 6) is 0. The number of aryl methyl sites for hydroxylation is 1. The number of thiazole rings is 1. The summed E-state index contributed by atoms with van der Waals surface area (Å²) in [7, 11) is 2.08. The van der Waals surface area contributed by atoms with E-state index >= 15 is 0 Å². The number of hydrogen-bond acceptors (Lipinski definition) is 4. The summed E-state index contributed by atoms with van der Waals surface area (Å²) in [4.78, 5) is 8.19. The van der Waals surface area contributed by atoms with Crippen LogP contribution >= 0.6 is 11.3 Å². The Morgan fingerprint density at radius 2 is 2.05 bits per heavy atom. The maximum absolute atomic E-state index is 4.69. The van der Waals surface area contributed by atoms with E-state index in [1.807, 2.05) is 6.07 Å². The minimum Gasteiger partial charge on any atom is -0.321 e. The van der Waals surface area contributed by atoms with Crippen LogP contribution in [-0.2, 0) is 6.54 Å². The molecule has 1 N–H and O–H groups in total. The van der Waals surface area contributed by atoms with Crippen molar-refractivity contribution in [3.8, 4) is 0 Å². The molecule has 0 atom stereocenters. The van der Waals surface area contributed by atoms with E-state index in [0.717, 1.165) is 23.4 Å². The third-order valence-corrected chi connectivity index (χ3v) is 4.67. The van der Waals surface area contributed by atoms with Gasteiger partial charge in [-0.25, -0.2) is 4.98 Å². The summed E-state index contributed by atoms with van der Waals surface area (Å²) in [5, 5.41) is 4.62. The normalized spacial score (nSPS) is 14.6. The molecule has 1 aromatic carbocycles. The van der Waals surface area contributed by atoms with Crippen molar-refractivity contribution in [2.45, 2.75) is 32.4 Å². The molecular formula is C15H19N3S. The molecule has 0 bridgehead atoms. The Balaban J connectivity index is 1.75. The molecule has 1 fully saturated rings. The lowest BCUT2D eigenvalue weighted by molar-refractivity contribution is 0.691. The van der Waals surface area contributed by atoms with Crippen LogP contribution in [0.25, 0.3) is 0 Å². The van der Waals surface area contributed by atoms with Gasteiger partial charge < -0.3 is 10.2 Å². The highest BCUT2D eigenvalue weighted by Gasteiger charge is 2.21. The van der Waals surface area contributed by atoms with E-state index in [4.69, 9.17) is 0 Å². The van der Waals surface area contributed by atoms with Crippen molar-refractivity contribution in [3.63, 3.8) is 0 Å². The minimum atomic E-state index is 0.747. The molecule has 3 rings (SSSR count). The van der Waals surface area contributed by atoms with Gasteiger partial charge in [-0.3, -0.25) is 0 Å². The number of benzene rings is 1. The predicted molar refractivity (Wildman–Crippen MR) is 81.2 cm³/mol. The highest BCUT2D eigenvalue weighted by molar-refractivity contribution is 7.15. The smallest absolute Gasteiger partial charge is 0.190 e. The van der Waals surface area contributed by atoms with Gasteiger partial charge in [-0.05, 0) is 31.9 Å². The molecule has 0 saturated heterocycles. The van der Waals surface area contributed by atoms with Gasteiger partial charge in [0.05, 0.1) is 5.69 Å². The largest absolute Gasteiger partial charge is 0.321 e. The zero-order chi connectivity index (χ0) is 13.2. The van der Waals surface area contributed by atoms with E-state index in [9.17, 15) is 0 Å². The Kier molecular flexibility index (Phi) is 3.53. The fraction of sp³-hybridized carbons (Fsp3) is 0.400. The molecule has 4 heteroatoms. The first kappa shape index (κ1) is 12.6. The molecule has 0 unspecified atom stereocenters. The van der Waals surface area contributed by atoms with Gasteiger partial charge in [0.15, 0.2) is 5.13 Å². The van der Waals surface area contributed by atoms with Crippen molar-refractivity contribution in [2.75, 3.05) is 11.9 Å². The van der Waals surface area contributed by atoms with Crippen LogP contribution < -0.4 is 10.2 Å². The van der Waals surface area contributed by atoms with Crippen molar-refractivity contribution in [2.24, 2.45) is 0 Å². The van der Waals surface area contributed by atoms with Gasteiger partial charge >= 0.3 is 0 Å². The van der Waals surface area contributed by atoms with Crippen LogP contribution in [0.2, 0.25) is 0 Å². The van der Waals surface area contributed by atoms with Gasteiger partial charge in [0.25, 0.3) is 0 Å². The van der Waals surface area contributed by atoms with Crippen LogP contribution in [0.1, 0.15) is 23.4 Å². The van der Waals surface area contributed by atoms with Crippen LogP contribution in [-0.4, -0.2) is 18.1 Å². The van der Waals surface area contributed by atoms with Gasteiger partial charge in [-0.2, -0.15) is 0 Å². The molecule has 3 nitrogen and oxygen atoms in total. The van der Waals surface area contributed by atoms with E-state index in [1.165, 1.54) is 23.4 Å². The molecular weight excluding hydrogens is 254 g/mol. The molecule has 0 spiro atoms. The van der Waals surface area contributed by atoms with Crippen LogP contribution in [0.3, 0.4) is 0 Å². The SMILES string of the molecule is Cc1nc(N(C)c2ccccc2)sc1CNC1CC1. The molecule has 1 heterocycles. The fourth-order valence-electron chi connectivity index (χ4n) is 2.01. The number of hydrogen-bond donors (Lipinski definition) is 1. The molecule has 1 aliphatic rings. The zero-order valence-electron chi connectivity index (χ0n) is 11.4. The van der Waals surface area contributed by atoms with Crippen molar-refractivity contribution in [3.05, 3.63) is 40.9 Å². The average molecular weight is 273 g/mol. The van der Waals surface area contributed by atoms with E-state index in [0.29, 0.717) is 0 Å². The minimum absolute atomic E-state index is 0.747. The summed E-state index contributed by atoms with van der Waals surface area (Å²) >= 11 is 1.78. The molecule has 100 valence electrons. The molecule has 1 aromatic heterocycles. The van der Waals surface area contributed by atoms with Crippen molar-refractivity contribution in [1.29, 1.82) is 0 Å². The first-order chi connectivity index (χ1) is 9.24. The van der Waals surface area contributed by atoms with Crippen LogP contribution in [0.5, 0.6) is 0 Å². The van der Waals surface area contributed by atoms with Crippen molar-refractivity contribution >= 4 is 22.2 Å². The molecule has 0 radical (unpaired) electrons. The van der Waals surface area contributed by atoms with Gasteiger partial charge in [-0.15, -0.1) is 0 Å². The third kappa shape index (κ3) is 2.96. The lowest BCUT2D eigenvalue weighted by Gasteiger charge is -2.15. The number of para-hydroxylation sites is 1. The zero-order valence-corrected chi connectivity index (χ0v) is 12.2. The fourth-order valence-corrected chi connectivity index (χ4v) is 3.00. The van der Waals surface area contributed by atoms with E-state index < -0.39 is 0 Å². The Labute approximate surface area is 118 Å². The Hall–Kier alpha value is -1.39. The average Bonchev–Trinajstić information content (AvgIpc) is 3.20. The molecule has 19 heavy (non-hydrogen) atoms. The summed E-state index contributed by atoms with van der Waals surface area (Å²) in [6, 6.07) is 11.1. The predicted octanol–water partition coefficient (Wildman–Crippen LogP) is 3.47. The first-order valence-electron chi connectivity index (χ1n) is 6.72. The van der Waals surface area contributed by atoms with Crippen LogP contribution in [0, 0.1) is 6.92 Å². The van der Waals surface area contributed by atoms with Crippen LogP contribution in [0.15, 0.2) is 30.3 Å². The molecule has 2 aromatic rings. The number of aromatic nitrogens is 1. The standard InChI is InChI=1S/C15H19N3S/c1-11-14(10-16-12-8-9-12)19-15(17-11)18(2)13-6-4-3-5-7-13/h3-7,12,16H,8-10H2,1-2H3. The molecule has 0 aliphatic heterocycles. The molecule has 1 aliphatic carbocycles. The Morgan fingerprint density at radius 3 is 2.74 bits per heavy atom. The lowest BCUT2D eigenvalue weighted by atomic mass is 10.3. The number of anilines is 2. The van der Waals surface area contributed by atoms with Gasteiger partial charge in [0, 0.05) is 30.2 Å². The maximum atomic E-state index is 4.69. The second-order valence-corrected chi connectivity index (χ2v) is 6.12. The number of rotatable bonds is 5. The maximum Gasteiger partial charge on any atom is 0.190 e. The first-order valence-corrected chi connectivity index (χ1v) is 7.54. The molecule has 0 amide bonds. The Morgan fingerprint density at radius 1 is 1.32 bits per heavy atom. The summed E-state index contributed by atoms with van der Waals surface area (Å²) in [6.45, 7) is 3.06. The van der Waals surface area contributed by atoms with E-state index in [1.54, 1.807) is 11.3 Å². The molecule has 1 saturated carbocycles. The third-order valence-electron chi connectivity index (χ3n) is 3.44. The topological polar surface area (TPSA) is 28.2 Å². The van der Waals surface area contributed by atoms with Gasteiger partial charge in [0.2, 0.25) is 0 Å². The second-order valence-electron chi connectivity index (χ2n) is 5.05. The Bertz CT molecular complexity index is 546. The van der Waals surface area contributed by atoms with E-state index in [-0.39, 0.29) is 0 Å². The quantitative estimate of drug-likeness (QED) is 0.904. The lowest BCUT2D eigenvalue weighted by Crippen LogP contribution is -2.14. The highest BCUT2D eigenvalue weighted by Crippen LogP contribution is 2.30. The van der Waals surface area contributed by atoms with Gasteiger partial charge in [-0.1, -0.05) is 29.5 Å². The van der Waals surface area contributed by atoms with Crippen LogP contribution in [0.4, 0.5) is 10.8 Å².